The van der Waals surface area contributed by atoms with Crippen LogP contribution in [0.1, 0.15) is 33.3 Å². The van der Waals surface area contributed by atoms with Crippen molar-refractivity contribution in [1.29, 1.82) is 0 Å². The topological polar surface area (TPSA) is 34.1 Å². The van der Waals surface area contributed by atoms with E-state index >= 15 is 0 Å². The van der Waals surface area contributed by atoms with Gasteiger partial charge in [-0.3, -0.25) is 0 Å². The molecule has 2 nitrogen and oxygen atoms in total. The van der Waals surface area contributed by atoms with Crippen LogP contribution in [0, 0.1) is 0 Å². The smallest absolute Gasteiger partial charge is 0.158 e. The Morgan fingerprint density at radius 2 is 1.62 bits per heavy atom. The number of sulfone groups is 1. The molecule has 0 aromatic heterocycles. The average molecular weight is 240 g/mol. The summed E-state index contributed by atoms with van der Waals surface area (Å²) in [7, 11) is -3.07. The van der Waals surface area contributed by atoms with Crippen molar-refractivity contribution in [1.82, 2.24) is 0 Å². The van der Waals surface area contributed by atoms with E-state index in [1.807, 2.05) is 30.3 Å². The van der Waals surface area contributed by atoms with Crippen LogP contribution in [0.4, 0.5) is 0 Å². The van der Waals surface area contributed by atoms with E-state index in [-0.39, 0.29) is 5.25 Å². The van der Waals surface area contributed by atoms with Crippen molar-refractivity contribution in [3.8, 4) is 0 Å². The first-order valence-corrected chi connectivity index (χ1v) is 7.07. The molecule has 0 aliphatic heterocycles. The lowest BCUT2D eigenvalue weighted by Gasteiger charge is -2.24. The lowest BCUT2D eigenvalue weighted by molar-refractivity contribution is 0.546. The van der Waals surface area contributed by atoms with Gasteiger partial charge >= 0.3 is 0 Å². The van der Waals surface area contributed by atoms with Gasteiger partial charge < -0.3 is 0 Å². The molecule has 0 saturated heterocycles. The Bertz CT molecular complexity index is 427. The SMILES string of the molecule is C[C@@H](Cc1ccccc1)S(=O)(=O)C(C)(C)C. The third-order valence-electron chi connectivity index (χ3n) is 2.75. The molecular weight excluding hydrogens is 220 g/mol. The molecule has 0 saturated carbocycles. The van der Waals surface area contributed by atoms with Gasteiger partial charge in [-0.1, -0.05) is 30.3 Å². The van der Waals surface area contributed by atoms with Gasteiger partial charge in [-0.15, -0.1) is 0 Å². The first kappa shape index (κ1) is 13.2. The van der Waals surface area contributed by atoms with Crippen LogP contribution in [0.15, 0.2) is 30.3 Å². The normalized spacial score (nSPS) is 14.8. The monoisotopic (exact) mass is 240 g/mol. The summed E-state index contributed by atoms with van der Waals surface area (Å²) in [5.41, 5.74) is 1.07. The molecule has 90 valence electrons. The van der Waals surface area contributed by atoms with Crippen LogP contribution < -0.4 is 0 Å². The number of hydrogen-bond acceptors (Lipinski definition) is 2. The summed E-state index contributed by atoms with van der Waals surface area (Å²) in [6.45, 7) is 7.05. The van der Waals surface area contributed by atoms with Crippen LogP contribution in [0.25, 0.3) is 0 Å². The molecule has 0 bridgehead atoms. The first-order valence-electron chi connectivity index (χ1n) is 5.52. The van der Waals surface area contributed by atoms with Gasteiger partial charge in [-0.25, -0.2) is 8.42 Å². The Kier molecular flexibility index (Phi) is 3.79. The highest BCUT2D eigenvalue weighted by molar-refractivity contribution is 7.93. The van der Waals surface area contributed by atoms with Crippen molar-refractivity contribution in [2.45, 2.75) is 44.1 Å². The van der Waals surface area contributed by atoms with Crippen molar-refractivity contribution >= 4 is 9.84 Å². The third kappa shape index (κ3) is 2.85. The maximum atomic E-state index is 12.2. The second-order valence-electron chi connectivity index (χ2n) is 5.16. The fourth-order valence-corrected chi connectivity index (χ4v) is 3.28. The molecule has 0 aliphatic carbocycles. The zero-order valence-corrected chi connectivity index (χ0v) is 11.2. The summed E-state index contributed by atoms with van der Waals surface area (Å²) >= 11 is 0. The Labute approximate surface area is 98.6 Å². The fourth-order valence-electron chi connectivity index (χ4n) is 1.66. The maximum Gasteiger partial charge on any atom is 0.158 e. The van der Waals surface area contributed by atoms with Crippen molar-refractivity contribution in [3.63, 3.8) is 0 Å². The van der Waals surface area contributed by atoms with Gasteiger partial charge in [0.1, 0.15) is 0 Å². The van der Waals surface area contributed by atoms with E-state index in [1.165, 1.54) is 0 Å². The fraction of sp³-hybridized carbons (Fsp3) is 0.538. The highest BCUT2D eigenvalue weighted by Crippen LogP contribution is 2.22. The zero-order valence-electron chi connectivity index (χ0n) is 10.4. The molecule has 0 spiro atoms. The molecule has 0 heterocycles. The van der Waals surface area contributed by atoms with E-state index in [2.05, 4.69) is 0 Å². The van der Waals surface area contributed by atoms with E-state index in [4.69, 9.17) is 0 Å². The van der Waals surface area contributed by atoms with Crippen molar-refractivity contribution in [2.24, 2.45) is 0 Å². The molecule has 16 heavy (non-hydrogen) atoms. The molecule has 0 radical (unpaired) electrons. The third-order valence-corrected chi connectivity index (χ3v) is 5.68. The molecule has 0 amide bonds. The first-order chi connectivity index (χ1) is 7.25. The summed E-state index contributed by atoms with van der Waals surface area (Å²) in [4.78, 5) is 0. The molecule has 1 rings (SSSR count). The minimum Gasteiger partial charge on any atom is -0.228 e. The number of benzene rings is 1. The van der Waals surface area contributed by atoms with Crippen LogP contribution in [-0.2, 0) is 16.3 Å². The number of rotatable bonds is 3. The van der Waals surface area contributed by atoms with Gasteiger partial charge in [0.15, 0.2) is 9.84 Å². The molecule has 1 atom stereocenters. The second-order valence-corrected chi connectivity index (χ2v) is 8.28. The molecule has 0 unspecified atom stereocenters. The largest absolute Gasteiger partial charge is 0.228 e. The Balaban J connectivity index is 2.86. The minimum absolute atomic E-state index is 0.338. The zero-order chi connectivity index (χ0) is 12.4. The maximum absolute atomic E-state index is 12.2. The lowest BCUT2D eigenvalue weighted by atomic mass is 10.1. The summed E-state index contributed by atoms with van der Waals surface area (Å²) in [6.07, 6.45) is 0.584. The quantitative estimate of drug-likeness (QED) is 0.814. The Morgan fingerprint density at radius 1 is 1.12 bits per heavy atom. The second kappa shape index (κ2) is 4.58. The van der Waals surface area contributed by atoms with E-state index in [1.54, 1.807) is 27.7 Å². The summed E-state index contributed by atoms with van der Waals surface area (Å²) in [5.74, 6) is 0. The lowest BCUT2D eigenvalue weighted by Crippen LogP contribution is -2.36. The molecule has 1 aromatic rings. The van der Waals surface area contributed by atoms with Crippen LogP contribution in [0.3, 0.4) is 0 Å². The summed E-state index contributed by atoms with van der Waals surface area (Å²) in [5, 5.41) is -0.338. The van der Waals surface area contributed by atoms with E-state index in [9.17, 15) is 8.42 Å². The van der Waals surface area contributed by atoms with Gasteiger partial charge in [-0.05, 0) is 39.7 Å². The highest BCUT2D eigenvalue weighted by Gasteiger charge is 2.34. The Morgan fingerprint density at radius 3 is 2.06 bits per heavy atom. The molecule has 0 aliphatic rings. The van der Waals surface area contributed by atoms with Crippen LogP contribution in [0.5, 0.6) is 0 Å². The molecule has 0 N–H and O–H groups in total. The molecule has 3 heteroatoms. The van der Waals surface area contributed by atoms with Gasteiger partial charge in [0.2, 0.25) is 0 Å². The molecular formula is C13H20O2S. The van der Waals surface area contributed by atoms with Crippen molar-refractivity contribution < 1.29 is 8.42 Å². The molecule has 1 aromatic carbocycles. The van der Waals surface area contributed by atoms with E-state index < -0.39 is 14.6 Å². The van der Waals surface area contributed by atoms with Crippen molar-refractivity contribution in [3.05, 3.63) is 35.9 Å². The van der Waals surface area contributed by atoms with Crippen molar-refractivity contribution in [2.75, 3.05) is 0 Å². The van der Waals surface area contributed by atoms with Crippen LogP contribution in [-0.4, -0.2) is 18.4 Å². The van der Waals surface area contributed by atoms with Gasteiger partial charge in [0, 0.05) is 0 Å². The van der Waals surface area contributed by atoms with Gasteiger partial charge in [-0.2, -0.15) is 0 Å². The average Bonchev–Trinajstić information content (AvgIpc) is 2.17. The van der Waals surface area contributed by atoms with Gasteiger partial charge in [0.25, 0.3) is 0 Å². The minimum atomic E-state index is -3.07. The predicted octanol–water partition coefficient (Wildman–Crippen LogP) is 2.83. The van der Waals surface area contributed by atoms with E-state index in [0.717, 1.165) is 5.56 Å². The molecule has 0 fully saturated rings. The number of hydrogen-bond donors (Lipinski definition) is 0. The van der Waals surface area contributed by atoms with E-state index in [0.29, 0.717) is 6.42 Å². The highest BCUT2D eigenvalue weighted by atomic mass is 32.2. The standard InChI is InChI=1S/C13H20O2S/c1-11(16(14,15)13(2,3)4)10-12-8-6-5-7-9-12/h5-9,11H,10H2,1-4H3/t11-/m0/s1. The van der Waals surface area contributed by atoms with Crippen LogP contribution >= 0.6 is 0 Å². The summed E-state index contributed by atoms with van der Waals surface area (Å²) < 4.78 is 23.6. The summed E-state index contributed by atoms with van der Waals surface area (Å²) in [6, 6.07) is 9.74. The van der Waals surface area contributed by atoms with Crippen LogP contribution in [0.2, 0.25) is 0 Å². The predicted molar refractivity (Wildman–Crippen MR) is 68.3 cm³/mol. The van der Waals surface area contributed by atoms with Gasteiger partial charge in [0.05, 0.1) is 10.00 Å². The Hall–Kier alpha value is -0.830.